The average Bonchev–Trinajstić information content (AvgIpc) is 2.17. The second kappa shape index (κ2) is 5.43. The fourth-order valence-electron chi connectivity index (χ4n) is 0.887. The Hall–Kier alpha value is -0.910. The molecule has 0 amide bonds. The number of aryl methyl sites for hydroxylation is 1. The highest BCUT2D eigenvalue weighted by atomic mass is 35.5. The summed E-state index contributed by atoms with van der Waals surface area (Å²) in [6.45, 7) is 1.86. The highest BCUT2D eigenvalue weighted by Gasteiger charge is 2.11. The van der Waals surface area contributed by atoms with Crippen molar-refractivity contribution in [1.82, 2.24) is 0 Å². The van der Waals surface area contributed by atoms with Gasteiger partial charge in [-0.25, -0.2) is 0 Å². The molecule has 0 aliphatic carbocycles. The smallest absolute Gasteiger partial charge is 0.198 e. The fraction of sp³-hybridized carbons (Fsp3) is 0.111. The highest BCUT2D eigenvalue weighted by molar-refractivity contribution is 7.90. The summed E-state index contributed by atoms with van der Waals surface area (Å²) in [6, 6.07) is 6.25. The maximum atomic E-state index is 11.5. The minimum absolute atomic E-state index is 0.0703. The van der Waals surface area contributed by atoms with Crippen molar-refractivity contribution in [3.63, 3.8) is 0 Å². The van der Waals surface area contributed by atoms with Crippen molar-refractivity contribution in [2.75, 3.05) is 0 Å². The molecular formula is C9H8Cl2N2O2S. The molecule has 1 aromatic carbocycles. The van der Waals surface area contributed by atoms with Gasteiger partial charge in [0.25, 0.3) is 10.0 Å². The van der Waals surface area contributed by atoms with Crippen LogP contribution in [0, 0.1) is 6.92 Å². The molecule has 0 spiro atoms. The van der Waals surface area contributed by atoms with E-state index in [-0.39, 0.29) is 9.39 Å². The van der Waals surface area contributed by atoms with Crippen molar-refractivity contribution in [3.8, 4) is 0 Å². The van der Waals surface area contributed by atoms with E-state index in [1.807, 2.05) is 6.92 Å². The van der Waals surface area contributed by atoms with E-state index in [0.717, 1.165) is 11.8 Å². The molecule has 0 bridgehead atoms. The number of rotatable bonds is 3. The molecular weight excluding hydrogens is 271 g/mol. The Balaban J connectivity index is 2.99. The van der Waals surface area contributed by atoms with E-state index in [9.17, 15) is 8.42 Å². The van der Waals surface area contributed by atoms with Crippen LogP contribution in [0.2, 0.25) is 0 Å². The second-order valence-electron chi connectivity index (χ2n) is 2.90. The molecule has 0 aliphatic rings. The first-order valence-corrected chi connectivity index (χ1v) is 6.36. The molecule has 0 radical (unpaired) electrons. The molecule has 0 aliphatic heterocycles. The minimum Gasteiger partial charge on any atom is -0.198 e. The van der Waals surface area contributed by atoms with E-state index in [1.54, 1.807) is 12.1 Å². The van der Waals surface area contributed by atoms with Crippen LogP contribution in [0.4, 0.5) is 0 Å². The molecule has 0 aromatic heterocycles. The molecule has 0 N–H and O–H groups in total. The Kier molecular flexibility index (Phi) is 4.46. The maximum absolute atomic E-state index is 11.5. The summed E-state index contributed by atoms with van der Waals surface area (Å²) in [7, 11) is -3.78. The van der Waals surface area contributed by atoms with Crippen molar-refractivity contribution in [2.24, 2.45) is 9.63 Å². The Labute approximate surface area is 104 Å². The molecule has 0 saturated heterocycles. The van der Waals surface area contributed by atoms with Crippen LogP contribution >= 0.6 is 23.2 Å². The number of hydrogen-bond acceptors (Lipinski definition) is 3. The van der Waals surface area contributed by atoms with Gasteiger partial charge in [-0.2, -0.15) is 8.42 Å². The van der Waals surface area contributed by atoms with E-state index in [1.165, 1.54) is 12.1 Å². The van der Waals surface area contributed by atoms with Gasteiger partial charge in [0.1, 0.15) is 4.49 Å². The predicted octanol–water partition coefficient (Wildman–Crippen LogP) is 3.41. The van der Waals surface area contributed by atoms with Crippen molar-refractivity contribution in [3.05, 3.63) is 40.5 Å². The number of halogens is 2. The summed E-state index contributed by atoms with van der Waals surface area (Å²) in [6.07, 6.45) is 0.939. The van der Waals surface area contributed by atoms with E-state index in [0.29, 0.717) is 0 Å². The Morgan fingerprint density at radius 1 is 1.25 bits per heavy atom. The minimum atomic E-state index is -3.78. The summed E-state index contributed by atoms with van der Waals surface area (Å²) in [5.41, 5.74) is 0.958. The van der Waals surface area contributed by atoms with Gasteiger partial charge in [-0.15, -0.1) is 5.11 Å². The normalized spacial score (nSPS) is 11.7. The van der Waals surface area contributed by atoms with Crippen LogP contribution in [0.15, 0.2) is 49.5 Å². The molecule has 0 atom stereocenters. The van der Waals surface area contributed by atoms with Gasteiger partial charge in [-0.3, -0.25) is 0 Å². The number of sulfonamides is 1. The molecule has 1 rings (SSSR count). The summed E-state index contributed by atoms with van der Waals surface area (Å²) in [4.78, 5) is 0.0703. The van der Waals surface area contributed by atoms with Gasteiger partial charge in [0.15, 0.2) is 0 Å². The predicted molar refractivity (Wildman–Crippen MR) is 63.0 cm³/mol. The number of nitrogens with zero attached hydrogens (tertiary/aromatic N) is 2. The van der Waals surface area contributed by atoms with Gasteiger partial charge in [-0.1, -0.05) is 45.4 Å². The van der Waals surface area contributed by atoms with E-state index in [4.69, 9.17) is 23.2 Å². The average molecular weight is 279 g/mol. The van der Waals surface area contributed by atoms with Crippen LogP contribution in [-0.2, 0) is 10.0 Å². The van der Waals surface area contributed by atoms with Gasteiger partial charge in [0.2, 0.25) is 0 Å². The SMILES string of the molecule is Cc1ccc(S(=O)(=O)/N=N/C=C(Cl)Cl)cc1. The zero-order valence-corrected chi connectivity index (χ0v) is 10.6. The van der Waals surface area contributed by atoms with Crippen LogP contribution in [0.25, 0.3) is 0 Å². The Bertz CT molecular complexity index is 517. The fourth-order valence-corrected chi connectivity index (χ4v) is 1.72. The molecule has 0 saturated carbocycles. The van der Waals surface area contributed by atoms with E-state index >= 15 is 0 Å². The first-order valence-electron chi connectivity index (χ1n) is 4.17. The van der Waals surface area contributed by atoms with Crippen LogP contribution in [-0.4, -0.2) is 8.42 Å². The van der Waals surface area contributed by atoms with Gasteiger partial charge < -0.3 is 0 Å². The summed E-state index contributed by atoms with van der Waals surface area (Å²) < 4.78 is 26.1. The van der Waals surface area contributed by atoms with Crippen LogP contribution in [0.5, 0.6) is 0 Å². The lowest BCUT2D eigenvalue weighted by Crippen LogP contribution is -1.95. The summed E-state index contributed by atoms with van der Waals surface area (Å²) >= 11 is 10.5. The molecule has 0 heterocycles. The largest absolute Gasteiger partial charge is 0.299 e. The van der Waals surface area contributed by atoms with Crippen LogP contribution in [0.1, 0.15) is 5.56 Å². The molecule has 4 nitrogen and oxygen atoms in total. The first kappa shape index (κ1) is 13.2. The van der Waals surface area contributed by atoms with Crippen molar-refractivity contribution in [2.45, 2.75) is 11.8 Å². The monoisotopic (exact) mass is 278 g/mol. The third-order valence-electron chi connectivity index (χ3n) is 1.63. The van der Waals surface area contributed by atoms with Crippen LogP contribution < -0.4 is 0 Å². The molecule has 16 heavy (non-hydrogen) atoms. The quantitative estimate of drug-likeness (QED) is 0.796. The van der Waals surface area contributed by atoms with E-state index in [2.05, 4.69) is 9.63 Å². The lowest BCUT2D eigenvalue weighted by atomic mass is 10.2. The molecule has 1 aromatic rings. The third-order valence-corrected chi connectivity index (χ3v) is 3.00. The van der Waals surface area contributed by atoms with Gasteiger partial charge in [0, 0.05) is 0 Å². The summed E-state index contributed by atoms with van der Waals surface area (Å²) in [5.74, 6) is 0. The topological polar surface area (TPSA) is 58.9 Å². The zero-order valence-electron chi connectivity index (χ0n) is 8.26. The number of hydrogen-bond donors (Lipinski definition) is 0. The van der Waals surface area contributed by atoms with Crippen molar-refractivity contribution >= 4 is 33.2 Å². The first-order chi connectivity index (χ1) is 7.42. The van der Waals surface area contributed by atoms with Crippen molar-refractivity contribution in [1.29, 1.82) is 0 Å². The highest BCUT2D eigenvalue weighted by Crippen LogP contribution is 2.14. The Morgan fingerprint density at radius 3 is 2.31 bits per heavy atom. The number of benzene rings is 1. The lowest BCUT2D eigenvalue weighted by molar-refractivity contribution is 0.595. The third kappa shape index (κ3) is 3.92. The standard InChI is InChI=1S/C9H8Cl2N2O2S/c1-7-2-4-8(5-3-7)16(14,15)13-12-6-9(10)11/h2-6H,1H3/b13-12+. The summed E-state index contributed by atoms with van der Waals surface area (Å²) in [5, 5.41) is 3.25. The van der Waals surface area contributed by atoms with Crippen LogP contribution in [0.3, 0.4) is 0 Å². The van der Waals surface area contributed by atoms with Gasteiger partial charge in [-0.05, 0) is 19.1 Å². The van der Waals surface area contributed by atoms with Crippen molar-refractivity contribution < 1.29 is 8.42 Å². The molecule has 0 fully saturated rings. The van der Waals surface area contributed by atoms with Gasteiger partial charge in [0.05, 0.1) is 11.1 Å². The van der Waals surface area contributed by atoms with E-state index < -0.39 is 10.0 Å². The second-order valence-corrected chi connectivity index (χ2v) is 5.50. The molecule has 86 valence electrons. The molecule has 0 unspecified atom stereocenters. The Morgan fingerprint density at radius 2 is 1.81 bits per heavy atom. The molecule has 7 heteroatoms. The zero-order chi connectivity index (χ0) is 12.2. The van der Waals surface area contributed by atoms with Gasteiger partial charge >= 0.3 is 0 Å². The lowest BCUT2D eigenvalue weighted by Gasteiger charge is -1.97. The maximum Gasteiger partial charge on any atom is 0.299 e.